The van der Waals surface area contributed by atoms with E-state index in [1.165, 1.54) is 23.8 Å². The number of amides is 1. The Morgan fingerprint density at radius 3 is 2.36 bits per heavy atom. The molecule has 0 saturated heterocycles. The minimum absolute atomic E-state index is 0.00262. The van der Waals surface area contributed by atoms with Gasteiger partial charge in [0.15, 0.2) is 0 Å². The topological polar surface area (TPSA) is 75.5 Å². The molecule has 6 heteroatoms. The minimum Gasteiger partial charge on any atom is -0.378 e. The Kier molecular flexibility index (Phi) is 6.27. The number of hydrogen-bond acceptors (Lipinski definition) is 4. The molecule has 0 bridgehead atoms. The second kappa shape index (κ2) is 9.28. The van der Waals surface area contributed by atoms with E-state index >= 15 is 0 Å². The highest BCUT2D eigenvalue weighted by atomic mass is 16.6. The first-order chi connectivity index (χ1) is 15.8. The summed E-state index contributed by atoms with van der Waals surface area (Å²) in [5, 5.41) is 14.5. The molecule has 3 aromatic carbocycles. The van der Waals surface area contributed by atoms with Gasteiger partial charge in [0.05, 0.1) is 11.0 Å². The van der Waals surface area contributed by atoms with Crippen molar-refractivity contribution in [3.63, 3.8) is 0 Å². The highest BCUT2D eigenvalue weighted by Crippen LogP contribution is 2.39. The predicted octanol–water partition coefficient (Wildman–Crippen LogP) is 6.20. The van der Waals surface area contributed by atoms with E-state index in [4.69, 9.17) is 0 Å². The number of rotatable bonds is 5. The first-order valence-corrected chi connectivity index (χ1v) is 11.0. The van der Waals surface area contributed by atoms with Gasteiger partial charge in [-0.15, -0.1) is 0 Å². The van der Waals surface area contributed by atoms with Crippen molar-refractivity contribution in [1.29, 1.82) is 0 Å². The van der Waals surface area contributed by atoms with Crippen LogP contribution in [0, 0.1) is 24.0 Å². The standard InChI is InChI=1S/C27H27N3O3/c1-18-4-10-22(11-5-18)28-25-17-20(3)29(26-14-6-19(2)16-24(25)26)27(31)15-9-21-7-12-23(13-8-21)30(32)33/h4-16,20,25,28H,17H2,1-3H3/b15-9+/t20-,25-/m0/s1. The van der Waals surface area contributed by atoms with Crippen molar-refractivity contribution in [3.05, 3.63) is 105 Å². The second-order valence-electron chi connectivity index (χ2n) is 8.60. The third-order valence-electron chi connectivity index (χ3n) is 5.99. The maximum Gasteiger partial charge on any atom is 0.269 e. The number of nitro benzene ring substituents is 1. The molecule has 0 radical (unpaired) electrons. The number of carbonyl (C=O) groups is 1. The number of nitro groups is 1. The lowest BCUT2D eigenvalue weighted by Crippen LogP contribution is -2.43. The Labute approximate surface area is 193 Å². The molecule has 0 aromatic heterocycles. The van der Waals surface area contributed by atoms with Gasteiger partial charge in [0.25, 0.3) is 11.6 Å². The molecule has 0 saturated carbocycles. The van der Waals surface area contributed by atoms with Gasteiger partial charge in [-0.25, -0.2) is 0 Å². The van der Waals surface area contributed by atoms with E-state index in [9.17, 15) is 14.9 Å². The molecule has 1 aliphatic rings. The lowest BCUT2D eigenvalue weighted by molar-refractivity contribution is -0.384. The summed E-state index contributed by atoms with van der Waals surface area (Å²) in [6.45, 7) is 6.19. The highest BCUT2D eigenvalue weighted by Gasteiger charge is 2.33. The largest absolute Gasteiger partial charge is 0.378 e. The molecule has 4 rings (SSSR count). The summed E-state index contributed by atoms with van der Waals surface area (Å²) in [6.07, 6.45) is 4.01. The summed E-state index contributed by atoms with van der Waals surface area (Å²) in [6, 6.07) is 20.8. The Bertz CT molecular complexity index is 1200. The zero-order valence-electron chi connectivity index (χ0n) is 19.0. The SMILES string of the molecule is Cc1ccc(N[C@H]2C[C@H](C)N(C(=O)/C=C/c3ccc([N+](=O)[O-])cc3)c3ccc(C)cc32)cc1. The van der Waals surface area contributed by atoms with Crippen LogP contribution in [0.3, 0.4) is 0 Å². The van der Waals surface area contributed by atoms with Crippen LogP contribution in [0.1, 0.15) is 41.6 Å². The smallest absolute Gasteiger partial charge is 0.269 e. The molecule has 1 amide bonds. The maximum absolute atomic E-state index is 13.2. The van der Waals surface area contributed by atoms with Crippen molar-refractivity contribution in [1.82, 2.24) is 0 Å². The van der Waals surface area contributed by atoms with Crippen molar-refractivity contribution in [3.8, 4) is 0 Å². The average molecular weight is 442 g/mol. The third kappa shape index (κ3) is 4.95. The minimum atomic E-state index is -0.436. The van der Waals surface area contributed by atoms with Crippen LogP contribution in [0.4, 0.5) is 17.1 Å². The van der Waals surface area contributed by atoms with E-state index in [1.54, 1.807) is 18.2 Å². The number of nitrogens with one attached hydrogen (secondary N) is 1. The Morgan fingerprint density at radius 1 is 1.03 bits per heavy atom. The van der Waals surface area contributed by atoms with Crippen molar-refractivity contribution >= 4 is 29.0 Å². The van der Waals surface area contributed by atoms with Gasteiger partial charge in [-0.2, -0.15) is 0 Å². The Hall–Kier alpha value is -3.93. The van der Waals surface area contributed by atoms with Crippen LogP contribution in [-0.4, -0.2) is 16.9 Å². The first-order valence-electron chi connectivity index (χ1n) is 11.0. The number of nitrogens with zero attached hydrogens (tertiary/aromatic N) is 2. The number of benzene rings is 3. The normalized spacial score (nSPS) is 17.6. The Balaban J connectivity index is 1.59. The molecule has 1 N–H and O–H groups in total. The van der Waals surface area contributed by atoms with Gasteiger partial charge in [-0.3, -0.25) is 14.9 Å². The fraction of sp³-hybridized carbons (Fsp3) is 0.222. The quantitative estimate of drug-likeness (QED) is 0.290. The van der Waals surface area contributed by atoms with Crippen LogP contribution in [0.2, 0.25) is 0 Å². The van der Waals surface area contributed by atoms with Crippen molar-refractivity contribution < 1.29 is 9.72 Å². The number of non-ortho nitro benzene ring substituents is 1. The van der Waals surface area contributed by atoms with Crippen molar-refractivity contribution in [2.75, 3.05) is 10.2 Å². The number of anilines is 2. The van der Waals surface area contributed by atoms with E-state index < -0.39 is 4.92 Å². The van der Waals surface area contributed by atoms with Crippen molar-refractivity contribution in [2.24, 2.45) is 0 Å². The molecule has 2 atom stereocenters. The molecular formula is C27H27N3O3. The molecule has 1 aliphatic heterocycles. The van der Waals surface area contributed by atoms with E-state index in [0.717, 1.165) is 34.5 Å². The number of carbonyl (C=O) groups excluding carboxylic acids is 1. The van der Waals surface area contributed by atoms with Crippen LogP contribution in [0.5, 0.6) is 0 Å². The van der Waals surface area contributed by atoms with E-state index in [2.05, 4.69) is 56.4 Å². The zero-order chi connectivity index (χ0) is 23.5. The second-order valence-corrected chi connectivity index (χ2v) is 8.60. The van der Waals surface area contributed by atoms with Gasteiger partial charge in [0, 0.05) is 35.6 Å². The summed E-state index contributed by atoms with van der Waals surface area (Å²) in [4.78, 5) is 25.5. The van der Waals surface area contributed by atoms with Crippen LogP contribution in [0.15, 0.2) is 72.8 Å². The number of hydrogen-bond donors (Lipinski definition) is 1. The van der Waals surface area contributed by atoms with E-state index in [1.807, 2.05) is 17.0 Å². The van der Waals surface area contributed by atoms with Crippen LogP contribution in [0.25, 0.3) is 6.08 Å². The fourth-order valence-electron chi connectivity index (χ4n) is 4.26. The van der Waals surface area contributed by atoms with Gasteiger partial charge in [-0.05, 0) is 74.7 Å². The molecule has 0 spiro atoms. The Morgan fingerprint density at radius 2 is 1.70 bits per heavy atom. The summed E-state index contributed by atoms with van der Waals surface area (Å²) in [5.74, 6) is -0.111. The van der Waals surface area contributed by atoms with Crippen LogP contribution in [-0.2, 0) is 4.79 Å². The van der Waals surface area contributed by atoms with Gasteiger partial charge >= 0.3 is 0 Å². The molecule has 0 fully saturated rings. The summed E-state index contributed by atoms with van der Waals surface area (Å²) in [7, 11) is 0. The third-order valence-corrected chi connectivity index (χ3v) is 5.99. The van der Waals surface area contributed by atoms with Gasteiger partial charge in [0.2, 0.25) is 0 Å². The van der Waals surface area contributed by atoms with Gasteiger partial charge in [-0.1, -0.05) is 35.4 Å². The fourth-order valence-corrected chi connectivity index (χ4v) is 4.26. The summed E-state index contributed by atoms with van der Waals surface area (Å²) < 4.78 is 0. The highest BCUT2D eigenvalue weighted by molar-refractivity contribution is 6.05. The first kappa shape index (κ1) is 22.3. The molecule has 1 heterocycles. The average Bonchev–Trinajstić information content (AvgIpc) is 2.79. The molecular weight excluding hydrogens is 414 g/mol. The van der Waals surface area contributed by atoms with Crippen LogP contribution >= 0.6 is 0 Å². The number of fused-ring (bicyclic) bond motifs is 1. The summed E-state index contributed by atoms with van der Waals surface area (Å²) in [5.41, 5.74) is 6.19. The van der Waals surface area contributed by atoms with Crippen LogP contribution < -0.4 is 10.2 Å². The molecule has 0 unspecified atom stereocenters. The molecule has 0 aliphatic carbocycles. The molecule has 33 heavy (non-hydrogen) atoms. The van der Waals surface area contributed by atoms with E-state index in [0.29, 0.717) is 0 Å². The molecule has 168 valence electrons. The lowest BCUT2D eigenvalue weighted by Gasteiger charge is -2.39. The monoisotopic (exact) mass is 441 g/mol. The van der Waals surface area contributed by atoms with Gasteiger partial charge < -0.3 is 10.2 Å². The summed E-state index contributed by atoms with van der Waals surface area (Å²) >= 11 is 0. The van der Waals surface area contributed by atoms with Gasteiger partial charge in [0.1, 0.15) is 0 Å². The number of aryl methyl sites for hydroxylation is 2. The molecule has 3 aromatic rings. The van der Waals surface area contributed by atoms with Crippen molar-refractivity contribution in [2.45, 2.75) is 39.3 Å². The molecule has 6 nitrogen and oxygen atoms in total. The maximum atomic E-state index is 13.2. The lowest BCUT2D eigenvalue weighted by atomic mass is 9.90. The van der Waals surface area contributed by atoms with E-state index in [-0.39, 0.29) is 23.7 Å². The predicted molar refractivity (Wildman–Crippen MR) is 132 cm³/mol. The zero-order valence-corrected chi connectivity index (χ0v) is 19.0.